The number of nitrogens with one attached hydrogen (secondary N) is 1. The Kier molecular flexibility index (Phi) is 27.7. The molecule has 0 radical (unpaired) electrons. The number of carbonyl (C=O) groups is 2. The quantitative estimate of drug-likeness (QED) is 0.0970. The molecule has 0 rings (SSSR count). The van der Waals surface area contributed by atoms with E-state index in [0.29, 0.717) is 12.8 Å². The van der Waals surface area contributed by atoms with Crippen molar-refractivity contribution in [2.24, 2.45) is 0 Å². The van der Waals surface area contributed by atoms with Gasteiger partial charge in [0.15, 0.2) is 0 Å². The number of rotatable bonds is 26. The van der Waals surface area contributed by atoms with Gasteiger partial charge in [-0.05, 0) is 64.2 Å². The Morgan fingerprint density at radius 2 is 0.714 bits per heavy atom. The van der Waals surface area contributed by atoms with Gasteiger partial charge >= 0.3 is 0 Å². The topological polar surface area (TPSA) is 46.2 Å². The van der Waals surface area contributed by atoms with Crippen molar-refractivity contribution in [3.8, 4) is 0 Å². The zero-order chi connectivity index (χ0) is 25.7. The minimum atomic E-state index is -0.0949. The molecule has 3 nitrogen and oxygen atoms in total. The Bertz CT molecular complexity index is 478. The van der Waals surface area contributed by atoms with Crippen LogP contribution in [0.1, 0.15) is 168 Å². The minimum absolute atomic E-state index is 0.0949. The molecule has 1 N–H and O–H groups in total. The molecule has 0 aromatic heterocycles. The van der Waals surface area contributed by atoms with Gasteiger partial charge < -0.3 is 0 Å². The molecule has 0 saturated heterocycles. The lowest BCUT2D eigenvalue weighted by Gasteiger charge is -2.05. The zero-order valence-electron chi connectivity index (χ0n) is 23.6. The van der Waals surface area contributed by atoms with Gasteiger partial charge in [-0.1, -0.05) is 115 Å². The predicted molar refractivity (Wildman–Crippen MR) is 154 cm³/mol. The molecule has 2 amide bonds. The Morgan fingerprint density at radius 1 is 0.429 bits per heavy atom. The summed E-state index contributed by atoms with van der Waals surface area (Å²) in [5, 5.41) is 2.57. The molecule has 0 aromatic carbocycles. The van der Waals surface area contributed by atoms with Crippen molar-refractivity contribution in [1.82, 2.24) is 5.32 Å². The molecule has 3 heteroatoms. The highest BCUT2D eigenvalue weighted by atomic mass is 16.2. The van der Waals surface area contributed by atoms with Crippen molar-refractivity contribution >= 4 is 11.8 Å². The van der Waals surface area contributed by atoms with E-state index in [1.807, 2.05) is 0 Å². The van der Waals surface area contributed by atoms with Crippen molar-refractivity contribution in [2.45, 2.75) is 168 Å². The van der Waals surface area contributed by atoms with Gasteiger partial charge in [-0.25, -0.2) is 0 Å². The number of carbonyl (C=O) groups excluding carboxylic acids is 2. The Balaban J connectivity index is 3.38. The summed E-state index contributed by atoms with van der Waals surface area (Å²) in [6.07, 6.45) is 37.1. The van der Waals surface area contributed by atoms with E-state index in [4.69, 9.17) is 0 Å². The second-order valence-electron chi connectivity index (χ2n) is 10.2. The number of amides is 2. The molecular formula is C32H59NO2. The second kappa shape index (κ2) is 28.9. The average Bonchev–Trinajstić information content (AvgIpc) is 2.85. The lowest BCUT2D eigenvalue weighted by Crippen LogP contribution is -2.29. The van der Waals surface area contributed by atoms with Gasteiger partial charge in [-0.3, -0.25) is 14.9 Å². The molecular weight excluding hydrogens is 430 g/mol. The van der Waals surface area contributed by atoms with E-state index in [-0.39, 0.29) is 11.8 Å². The van der Waals surface area contributed by atoms with Gasteiger partial charge in [0.1, 0.15) is 0 Å². The molecule has 204 valence electrons. The molecule has 0 aromatic rings. The first-order valence-corrected chi connectivity index (χ1v) is 15.3. The third-order valence-corrected chi connectivity index (χ3v) is 6.61. The standard InChI is InChI=1S/C32H59NO2/c1-3-5-7-9-11-13-15-17-19-21-23-25-27-29-31(34)33-32(35)30-28-26-24-22-20-18-16-14-12-10-8-6-4-2/h13-16H,3-12,17-30H2,1-2H3,(H,33,34,35). The number of hydrogen-bond acceptors (Lipinski definition) is 2. The van der Waals surface area contributed by atoms with Gasteiger partial charge in [0.25, 0.3) is 0 Å². The zero-order valence-corrected chi connectivity index (χ0v) is 23.6. The highest BCUT2D eigenvalue weighted by Crippen LogP contribution is 2.10. The number of hydrogen-bond donors (Lipinski definition) is 1. The molecule has 0 atom stereocenters. The SMILES string of the molecule is CCCCCCC=CCCCCCCCC(=O)NC(=O)CCCCCCCC=CCCCCCC. The first kappa shape index (κ1) is 33.6. The summed E-state index contributed by atoms with van der Waals surface area (Å²) in [5.41, 5.74) is 0. The summed E-state index contributed by atoms with van der Waals surface area (Å²) in [7, 11) is 0. The van der Waals surface area contributed by atoms with Crippen LogP contribution in [-0.2, 0) is 9.59 Å². The summed E-state index contributed by atoms with van der Waals surface area (Å²) in [5.74, 6) is -0.190. The smallest absolute Gasteiger partial charge is 0.226 e. The van der Waals surface area contributed by atoms with Crippen molar-refractivity contribution in [3.05, 3.63) is 24.3 Å². The molecule has 0 saturated carbocycles. The monoisotopic (exact) mass is 489 g/mol. The number of imide groups is 1. The summed E-state index contributed by atoms with van der Waals surface area (Å²) in [6.45, 7) is 4.50. The van der Waals surface area contributed by atoms with Crippen LogP contribution in [0, 0.1) is 0 Å². The van der Waals surface area contributed by atoms with Gasteiger partial charge in [0, 0.05) is 12.8 Å². The fraction of sp³-hybridized carbons (Fsp3) is 0.812. The molecule has 0 spiro atoms. The number of allylic oxidation sites excluding steroid dienone is 4. The fourth-order valence-electron chi connectivity index (χ4n) is 4.29. The normalized spacial score (nSPS) is 11.6. The highest BCUT2D eigenvalue weighted by molar-refractivity contribution is 5.95. The van der Waals surface area contributed by atoms with Crippen LogP contribution in [0.3, 0.4) is 0 Å². The van der Waals surface area contributed by atoms with Crippen LogP contribution in [-0.4, -0.2) is 11.8 Å². The second-order valence-corrected chi connectivity index (χ2v) is 10.2. The minimum Gasteiger partial charge on any atom is -0.296 e. The summed E-state index contributed by atoms with van der Waals surface area (Å²) < 4.78 is 0. The van der Waals surface area contributed by atoms with Crippen LogP contribution in [0.25, 0.3) is 0 Å². The van der Waals surface area contributed by atoms with E-state index >= 15 is 0 Å². The average molecular weight is 490 g/mol. The van der Waals surface area contributed by atoms with Gasteiger partial charge in [0.2, 0.25) is 11.8 Å². The van der Waals surface area contributed by atoms with Crippen molar-refractivity contribution in [2.75, 3.05) is 0 Å². The van der Waals surface area contributed by atoms with E-state index in [9.17, 15) is 9.59 Å². The highest BCUT2D eigenvalue weighted by Gasteiger charge is 2.07. The predicted octanol–water partition coefficient (Wildman–Crippen LogP) is 10.1. The van der Waals surface area contributed by atoms with Crippen LogP contribution in [0.5, 0.6) is 0 Å². The number of unbranched alkanes of at least 4 members (excludes halogenated alkanes) is 18. The molecule has 35 heavy (non-hydrogen) atoms. The lowest BCUT2D eigenvalue weighted by molar-refractivity contribution is -0.130. The maximum atomic E-state index is 11.9. The van der Waals surface area contributed by atoms with E-state index in [0.717, 1.165) is 25.7 Å². The molecule has 0 unspecified atom stereocenters. The molecule has 0 fully saturated rings. The molecule has 0 aliphatic carbocycles. The molecule has 0 heterocycles. The first-order valence-electron chi connectivity index (χ1n) is 15.3. The molecule has 0 aliphatic heterocycles. The van der Waals surface area contributed by atoms with Crippen molar-refractivity contribution < 1.29 is 9.59 Å². The Hall–Kier alpha value is -1.38. The maximum Gasteiger partial charge on any atom is 0.226 e. The third-order valence-electron chi connectivity index (χ3n) is 6.61. The fourth-order valence-corrected chi connectivity index (χ4v) is 4.29. The van der Waals surface area contributed by atoms with Crippen LogP contribution in [0.15, 0.2) is 24.3 Å². The van der Waals surface area contributed by atoms with Gasteiger partial charge in [-0.2, -0.15) is 0 Å². The summed E-state index contributed by atoms with van der Waals surface area (Å²) in [6, 6.07) is 0. The van der Waals surface area contributed by atoms with Crippen molar-refractivity contribution in [3.63, 3.8) is 0 Å². The van der Waals surface area contributed by atoms with Crippen LogP contribution < -0.4 is 5.32 Å². The van der Waals surface area contributed by atoms with Crippen LogP contribution >= 0.6 is 0 Å². The molecule has 0 aliphatic rings. The summed E-state index contributed by atoms with van der Waals surface area (Å²) in [4.78, 5) is 23.9. The Morgan fingerprint density at radius 3 is 1.06 bits per heavy atom. The van der Waals surface area contributed by atoms with E-state index < -0.39 is 0 Å². The van der Waals surface area contributed by atoms with E-state index in [1.54, 1.807) is 0 Å². The van der Waals surface area contributed by atoms with Gasteiger partial charge in [-0.15, -0.1) is 0 Å². The van der Waals surface area contributed by atoms with Crippen molar-refractivity contribution in [1.29, 1.82) is 0 Å². The van der Waals surface area contributed by atoms with Gasteiger partial charge in [0.05, 0.1) is 0 Å². The third kappa shape index (κ3) is 28.7. The summed E-state index contributed by atoms with van der Waals surface area (Å²) >= 11 is 0. The largest absolute Gasteiger partial charge is 0.296 e. The van der Waals surface area contributed by atoms with E-state index in [2.05, 4.69) is 43.5 Å². The maximum absolute atomic E-state index is 11.9. The Labute approximate surface area is 219 Å². The van der Waals surface area contributed by atoms with Crippen LogP contribution in [0.4, 0.5) is 0 Å². The molecule has 0 bridgehead atoms. The first-order chi connectivity index (χ1) is 17.2. The van der Waals surface area contributed by atoms with E-state index in [1.165, 1.54) is 116 Å². The van der Waals surface area contributed by atoms with Crippen LogP contribution in [0.2, 0.25) is 0 Å². The lowest BCUT2D eigenvalue weighted by atomic mass is 10.1.